The number of hydrogen-bond donors (Lipinski definition) is 2. The molecule has 0 bridgehead atoms. The number of likely N-dealkylation sites (N-methyl/N-ethyl adjacent to an activating group) is 1. The third kappa shape index (κ3) is 11.8. The molecular weight excluding hydrogens is 671 g/mol. The molecule has 3 amide bonds. The summed E-state index contributed by atoms with van der Waals surface area (Å²) < 4.78 is 10.8. The minimum Gasteiger partial charge on any atom is -0.467 e. The molecule has 0 unspecified atom stereocenters. The Kier molecular flexibility index (Phi) is 16.5. The smallest absolute Gasteiger partial charge is 0.328 e. The van der Waals surface area contributed by atoms with E-state index in [1.54, 1.807) is 5.38 Å². The fourth-order valence-electron chi connectivity index (χ4n) is 6.53. The van der Waals surface area contributed by atoms with Gasteiger partial charge < -0.3 is 25.0 Å². The van der Waals surface area contributed by atoms with Crippen LogP contribution in [-0.4, -0.2) is 95.9 Å². The fourth-order valence-corrected chi connectivity index (χ4v) is 7.37. The second-order valence-electron chi connectivity index (χ2n) is 13.9. The zero-order valence-electron chi connectivity index (χ0n) is 31.5. The van der Waals surface area contributed by atoms with Gasteiger partial charge in [-0.2, -0.15) is 0 Å². The standard InChI is InChI=1S/C38H57N5O7S/c1-9-19-43(37(47)33(25(5)10-2)41-35(46)30-18-14-15-20-42(30)7)31(24(3)4)22-32(50-26(6)44)36-40-29(23-51-36)34(45)39-28(38(48)49-8)21-27-16-12-11-13-17-27/h11-13,16-17,23-25,28,30-33H,9-10,14-15,18-22H2,1-8H3,(H,39,45)(H,41,46)/t25-,28-,30+,31+,32+,33-/m0/s1. The van der Waals surface area contributed by atoms with Gasteiger partial charge in [-0.3, -0.25) is 24.1 Å². The number of aromatic nitrogens is 1. The summed E-state index contributed by atoms with van der Waals surface area (Å²) in [7, 11) is 3.22. The van der Waals surface area contributed by atoms with Gasteiger partial charge in [0.1, 0.15) is 22.8 Å². The number of hydrogen-bond acceptors (Lipinski definition) is 10. The van der Waals surface area contributed by atoms with Crippen LogP contribution in [0.2, 0.25) is 0 Å². The lowest BCUT2D eigenvalue weighted by Crippen LogP contribution is -2.58. The van der Waals surface area contributed by atoms with Gasteiger partial charge in [0.15, 0.2) is 6.10 Å². The van der Waals surface area contributed by atoms with Gasteiger partial charge in [-0.25, -0.2) is 9.78 Å². The lowest BCUT2D eigenvalue weighted by Gasteiger charge is -2.40. The highest BCUT2D eigenvalue weighted by Crippen LogP contribution is 2.32. The Bertz CT molecular complexity index is 1450. The molecule has 282 valence electrons. The van der Waals surface area contributed by atoms with Crippen LogP contribution in [0.15, 0.2) is 35.7 Å². The number of rotatable bonds is 18. The first kappa shape index (κ1) is 41.6. The first-order valence-corrected chi connectivity index (χ1v) is 19.0. The van der Waals surface area contributed by atoms with Gasteiger partial charge in [0, 0.05) is 37.7 Å². The van der Waals surface area contributed by atoms with E-state index in [2.05, 4.69) is 20.5 Å². The van der Waals surface area contributed by atoms with Gasteiger partial charge in [-0.05, 0) is 50.3 Å². The van der Waals surface area contributed by atoms with Crippen LogP contribution in [0.3, 0.4) is 0 Å². The van der Waals surface area contributed by atoms with Crippen molar-refractivity contribution in [2.24, 2.45) is 11.8 Å². The van der Waals surface area contributed by atoms with Crippen LogP contribution < -0.4 is 10.6 Å². The summed E-state index contributed by atoms with van der Waals surface area (Å²) >= 11 is 1.17. The third-order valence-corrected chi connectivity index (χ3v) is 10.6. The monoisotopic (exact) mass is 727 g/mol. The van der Waals surface area contributed by atoms with E-state index in [0.29, 0.717) is 24.4 Å². The van der Waals surface area contributed by atoms with Crippen LogP contribution in [-0.2, 0) is 35.1 Å². The van der Waals surface area contributed by atoms with Crippen molar-refractivity contribution < 1.29 is 33.4 Å². The fraction of sp³-hybridized carbons (Fsp3) is 0.632. The van der Waals surface area contributed by atoms with E-state index < -0.39 is 36.0 Å². The summed E-state index contributed by atoms with van der Waals surface area (Å²) in [5, 5.41) is 7.83. The number of carbonyl (C=O) groups excluding carboxylic acids is 5. The van der Waals surface area contributed by atoms with Gasteiger partial charge >= 0.3 is 11.9 Å². The van der Waals surface area contributed by atoms with E-state index in [1.807, 2.05) is 76.9 Å². The number of nitrogens with zero attached hydrogens (tertiary/aromatic N) is 3. The molecule has 0 aliphatic carbocycles. The van der Waals surface area contributed by atoms with Crippen molar-refractivity contribution in [3.63, 3.8) is 0 Å². The number of esters is 2. The van der Waals surface area contributed by atoms with Gasteiger partial charge in [0.05, 0.1) is 13.2 Å². The van der Waals surface area contributed by atoms with Crippen molar-refractivity contribution in [2.75, 3.05) is 27.2 Å². The maximum absolute atomic E-state index is 14.5. The zero-order valence-corrected chi connectivity index (χ0v) is 32.3. The number of ether oxygens (including phenoxy) is 2. The number of amides is 3. The molecule has 6 atom stereocenters. The van der Waals surface area contributed by atoms with Crippen molar-refractivity contribution in [3.8, 4) is 0 Å². The molecule has 51 heavy (non-hydrogen) atoms. The summed E-state index contributed by atoms with van der Waals surface area (Å²) in [6.07, 6.45) is 3.79. The Balaban J connectivity index is 1.87. The second kappa shape index (κ2) is 20.3. The normalized spacial score (nSPS) is 17.8. The molecule has 0 spiro atoms. The largest absolute Gasteiger partial charge is 0.467 e. The first-order valence-electron chi connectivity index (χ1n) is 18.2. The molecule has 1 saturated heterocycles. The van der Waals surface area contributed by atoms with E-state index in [0.717, 1.165) is 31.4 Å². The van der Waals surface area contributed by atoms with Crippen molar-refractivity contribution in [2.45, 2.75) is 117 Å². The molecule has 0 radical (unpaired) electrons. The van der Waals surface area contributed by atoms with Gasteiger partial charge in [-0.1, -0.05) is 77.8 Å². The predicted octanol–water partition coefficient (Wildman–Crippen LogP) is 4.93. The highest BCUT2D eigenvalue weighted by molar-refractivity contribution is 7.09. The second-order valence-corrected chi connectivity index (χ2v) is 14.7. The predicted molar refractivity (Wildman–Crippen MR) is 197 cm³/mol. The molecule has 12 nitrogen and oxygen atoms in total. The number of thiazole rings is 1. The number of likely N-dealkylation sites (tertiary alicyclic amines) is 1. The molecule has 3 rings (SSSR count). The highest BCUT2D eigenvalue weighted by atomic mass is 32.1. The maximum Gasteiger partial charge on any atom is 0.328 e. The highest BCUT2D eigenvalue weighted by Gasteiger charge is 2.38. The van der Waals surface area contributed by atoms with Crippen LogP contribution in [0.1, 0.15) is 107 Å². The molecule has 1 aromatic heterocycles. The molecule has 2 aromatic rings. The average Bonchev–Trinajstić information content (AvgIpc) is 3.61. The molecule has 13 heteroatoms. The topological polar surface area (TPSA) is 147 Å². The quantitative estimate of drug-likeness (QED) is 0.204. The zero-order chi connectivity index (χ0) is 37.7. The van der Waals surface area contributed by atoms with Crippen LogP contribution in [0, 0.1) is 11.8 Å². The lowest BCUT2D eigenvalue weighted by molar-refractivity contribution is -0.150. The van der Waals surface area contributed by atoms with Crippen molar-refractivity contribution in [1.29, 1.82) is 0 Å². The van der Waals surface area contributed by atoms with Crippen LogP contribution in [0.25, 0.3) is 0 Å². The minimum absolute atomic E-state index is 0.0437. The third-order valence-electron chi connectivity index (χ3n) is 9.63. The Labute approximate surface area is 307 Å². The SMILES string of the molecule is CCCN(C(=O)[C@@H](NC(=O)[C@H]1CCCCN1C)[C@@H](C)CC)[C@H](C[C@@H](OC(C)=O)c1nc(C(=O)N[C@@H](Cc2ccccc2)C(=O)OC)cs1)C(C)C. The molecule has 1 aliphatic heterocycles. The Morgan fingerprint density at radius 2 is 1.76 bits per heavy atom. The molecule has 1 fully saturated rings. The first-order chi connectivity index (χ1) is 24.3. The Hall–Kier alpha value is -3.84. The van der Waals surface area contributed by atoms with Crippen LogP contribution >= 0.6 is 11.3 Å². The Morgan fingerprint density at radius 3 is 2.35 bits per heavy atom. The molecule has 2 N–H and O–H groups in total. The van der Waals surface area contributed by atoms with Gasteiger partial charge in [-0.15, -0.1) is 11.3 Å². The van der Waals surface area contributed by atoms with E-state index >= 15 is 0 Å². The van der Waals surface area contributed by atoms with Crippen molar-refractivity contribution in [1.82, 2.24) is 25.4 Å². The minimum atomic E-state index is -0.935. The molecular formula is C38H57N5O7S. The van der Waals surface area contributed by atoms with Gasteiger partial charge in [0.25, 0.3) is 5.91 Å². The molecule has 1 aliphatic rings. The van der Waals surface area contributed by atoms with E-state index in [4.69, 9.17) is 9.47 Å². The molecule has 2 heterocycles. The van der Waals surface area contributed by atoms with E-state index in [9.17, 15) is 24.0 Å². The molecule has 0 saturated carbocycles. The summed E-state index contributed by atoms with van der Waals surface area (Å²) in [4.78, 5) is 74.8. The number of benzene rings is 1. The van der Waals surface area contributed by atoms with Crippen LogP contribution in [0.5, 0.6) is 0 Å². The van der Waals surface area contributed by atoms with Crippen molar-refractivity contribution >= 4 is 41.0 Å². The summed E-state index contributed by atoms with van der Waals surface area (Å²) in [5.41, 5.74) is 0.924. The lowest BCUT2D eigenvalue weighted by atomic mass is 9.92. The number of piperidine rings is 1. The maximum atomic E-state index is 14.5. The molecule has 1 aromatic carbocycles. The number of nitrogens with one attached hydrogen (secondary N) is 2. The summed E-state index contributed by atoms with van der Waals surface area (Å²) in [6, 6.07) is 6.99. The summed E-state index contributed by atoms with van der Waals surface area (Å²) in [5.74, 6) is -2.11. The number of carbonyl (C=O) groups is 5. The van der Waals surface area contributed by atoms with Gasteiger partial charge in [0.2, 0.25) is 11.8 Å². The van der Waals surface area contributed by atoms with Crippen LogP contribution in [0.4, 0.5) is 0 Å². The number of methoxy groups -OCH3 is 1. The van der Waals surface area contributed by atoms with E-state index in [1.165, 1.54) is 25.4 Å². The average molecular weight is 728 g/mol. The Morgan fingerprint density at radius 1 is 1.06 bits per heavy atom. The van der Waals surface area contributed by atoms with Crippen molar-refractivity contribution in [3.05, 3.63) is 52.0 Å². The van der Waals surface area contributed by atoms with E-state index in [-0.39, 0.29) is 54.3 Å². The summed E-state index contributed by atoms with van der Waals surface area (Å²) in [6.45, 7) is 12.6.